The van der Waals surface area contributed by atoms with E-state index in [-0.39, 0.29) is 5.75 Å². The summed E-state index contributed by atoms with van der Waals surface area (Å²) in [5.41, 5.74) is 0.942. The first-order chi connectivity index (χ1) is 9.79. The van der Waals surface area contributed by atoms with E-state index in [0.29, 0.717) is 16.6 Å². The summed E-state index contributed by atoms with van der Waals surface area (Å²) in [6.45, 7) is 0. The Morgan fingerprint density at radius 2 is 2.05 bits per heavy atom. The maximum atomic E-state index is 9.68. The fourth-order valence-electron chi connectivity index (χ4n) is 1.91. The van der Waals surface area contributed by atoms with Crippen LogP contribution < -0.4 is 0 Å². The van der Waals surface area contributed by atoms with Gasteiger partial charge < -0.3 is 14.4 Å². The Hall–Kier alpha value is -2.18. The fourth-order valence-corrected chi connectivity index (χ4v) is 2.62. The number of rotatable bonds is 4. The molecule has 5 nitrogen and oxygen atoms in total. The predicted octanol–water partition coefficient (Wildman–Crippen LogP) is 3.24. The van der Waals surface area contributed by atoms with E-state index in [1.165, 1.54) is 11.3 Å². The second-order valence-corrected chi connectivity index (χ2v) is 5.04. The van der Waals surface area contributed by atoms with Gasteiger partial charge in [-0.15, -0.1) is 11.3 Å². The Kier molecular flexibility index (Phi) is 3.49. The minimum atomic E-state index is -0.393. The quantitative estimate of drug-likeness (QED) is 0.798. The molecule has 0 aliphatic heterocycles. The lowest BCUT2D eigenvalue weighted by atomic mass is 10.1. The molecule has 0 saturated heterocycles. The van der Waals surface area contributed by atoms with Crippen molar-refractivity contribution in [2.24, 2.45) is 0 Å². The lowest BCUT2D eigenvalue weighted by Gasteiger charge is -2.10. The smallest absolute Gasteiger partial charge is 0.271 e. The van der Waals surface area contributed by atoms with Crippen LogP contribution in [-0.2, 0) is 4.74 Å². The molecule has 1 unspecified atom stereocenters. The number of hydrogen-bond donors (Lipinski definition) is 1. The third-order valence-corrected chi connectivity index (χ3v) is 3.74. The van der Waals surface area contributed by atoms with E-state index < -0.39 is 6.10 Å². The zero-order valence-corrected chi connectivity index (χ0v) is 11.5. The lowest BCUT2D eigenvalue weighted by Crippen LogP contribution is -2.05. The molecule has 1 atom stereocenters. The van der Waals surface area contributed by atoms with Crippen LogP contribution in [0, 0.1) is 0 Å². The van der Waals surface area contributed by atoms with E-state index in [0.717, 1.165) is 5.56 Å². The average molecular weight is 288 g/mol. The van der Waals surface area contributed by atoms with Crippen LogP contribution in [-0.4, -0.2) is 22.4 Å². The van der Waals surface area contributed by atoms with Gasteiger partial charge >= 0.3 is 0 Å². The van der Waals surface area contributed by atoms with Crippen molar-refractivity contribution in [1.29, 1.82) is 0 Å². The van der Waals surface area contributed by atoms with Gasteiger partial charge in [0.15, 0.2) is 0 Å². The van der Waals surface area contributed by atoms with E-state index in [1.807, 2.05) is 30.3 Å². The molecule has 102 valence electrons. The van der Waals surface area contributed by atoms with Crippen molar-refractivity contribution < 1.29 is 14.4 Å². The van der Waals surface area contributed by atoms with Crippen LogP contribution in [0.5, 0.6) is 5.75 Å². The summed E-state index contributed by atoms with van der Waals surface area (Å²) in [7, 11) is 1.59. The van der Waals surface area contributed by atoms with Gasteiger partial charge in [-0.2, -0.15) is 4.98 Å². The number of aromatic hydroxyl groups is 1. The molecule has 0 fully saturated rings. The van der Waals surface area contributed by atoms with Crippen molar-refractivity contribution in [3.05, 3.63) is 53.2 Å². The normalized spacial score (nSPS) is 12.4. The number of hydrogen-bond acceptors (Lipinski definition) is 6. The van der Waals surface area contributed by atoms with Crippen LogP contribution in [0.4, 0.5) is 0 Å². The van der Waals surface area contributed by atoms with Crippen LogP contribution in [0.25, 0.3) is 10.8 Å². The number of benzene rings is 1. The van der Waals surface area contributed by atoms with Crippen LogP contribution in [0.3, 0.4) is 0 Å². The van der Waals surface area contributed by atoms with Crippen molar-refractivity contribution in [3.8, 4) is 16.5 Å². The summed E-state index contributed by atoms with van der Waals surface area (Å²) in [5, 5.41) is 15.4. The largest absolute Gasteiger partial charge is 0.506 e. The minimum Gasteiger partial charge on any atom is -0.506 e. The fraction of sp³-hybridized carbons (Fsp3) is 0.143. The molecule has 1 N–H and O–H groups in total. The molecule has 0 saturated carbocycles. The lowest BCUT2D eigenvalue weighted by molar-refractivity contribution is 0.126. The summed E-state index contributed by atoms with van der Waals surface area (Å²) in [6.07, 6.45) is -0.393. The van der Waals surface area contributed by atoms with Crippen molar-refractivity contribution in [3.63, 3.8) is 0 Å². The molecule has 0 amide bonds. The molecule has 3 aromatic rings. The first-order valence-electron chi connectivity index (χ1n) is 5.97. The molecule has 0 aliphatic rings. The van der Waals surface area contributed by atoms with Gasteiger partial charge in [-0.05, 0) is 17.0 Å². The summed E-state index contributed by atoms with van der Waals surface area (Å²) in [5.74, 6) is 0.867. The Balaban J connectivity index is 1.95. The van der Waals surface area contributed by atoms with Crippen LogP contribution in [0.15, 0.2) is 46.3 Å². The van der Waals surface area contributed by atoms with Crippen molar-refractivity contribution >= 4 is 11.3 Å². The van der Waals surface area contributed by atoms with Gasteiger partial charge in [-0.25, -0.2) is 0 Å². The first-order valence-corrected chi connectivity index (χ1v) is 6.85. The maximum Gasteiger partial charge on any atom is 0.271 e. The van der Waals surface area contributed by atoms with Crippen LogP contribution in [0.1, 0.15) is 17.5 Å². The molecule has 2 aromatic heterocycles. The average Bonchev–Trinajstić information content (AvgIpc) is 3.10. The van der Waals surface area contributed by atoms with Crippen molar-refractivity contribution in [2.45, 2.75) is 6.10 Å². The van der Waals surface area contributed by atoms with E-state index in [2.05, 4.69) is 10.1 Å². The number of methoxy groups -OCH3 is 1. The molecule has 6 heteroatoms. The van der Waals surface area contributed by atoms with Gasteiger partial charge in [-0.1, -0.05) is 35.5 Å². The van der Waals surface area contributed by atoms with Gasteiger partial charge in [0.2, 0.25) is 5.82 Å². The molecule has 0 aliphatic carbocycles. The number of aromatic nitrogens is 2. The summed E-state index contributed by atoms with van der Waals surface area (Å²) < 4.78 is 10.6. The van der Waals surface area contributed by atoms with E-state index in [1.54, 1.807) is 18.6 Å². The second kappa shape index (κ2) is 5.44. The van der Waals surface area contributed by atoms with Crippen molar-refractivity contribution in [1.82, 2.24) is 10.1 Å². The third-order valence-electron chi connectivity index (χ3n) is 2.85. The molecule has 1 aromatic carbocycles. The zero-order valence-electron chi connectivity index (χ0n) is 10.7. The Labute approximate surface area is 119 Å². The number of ether oxygens (including phenoxy) is 1. The minimum absolute atomic E-state index is 0.138. The molecular formula is C14H12N2O3S. The number of nitrogens with zero attached hydrogens (tertiary/aromatic N) is 2. The molecular weight excluding hydrogens is 276 g/mol. The second-order valence-electron chi connectivity index (χ2n) is 4.12. The summed E-state index contributed by atoms with van der Waals surface area (Å²) in [4.78, 5) is 4.87. The van der Waals surface area contributed by atoms with E-state index in [4.69, 9.17) is 9.26 Å². The zero-order chi connectivity index (χ0) is 13.9. The van der Waals surface area contributed by atoms with Gasteiger partial charge in [0, 0.05) is 7.11 Å². The van der Waals surface area contributed by atoms with Crippen LogP contribution in [0.2, 0.25) is 0 Å². The Morgan fingerprint density at radius 3 is 2.70 bits per heavy atom. The van der Waals surface area contributed by atoms with Crippen molar-refractivity contribution in [2.75, 3.05) is 7.11 Å². The molecule has 0 radical (unpaired) electrons. The number of thiophene rings is 1. The molecule has 0 spiro atoms. The van der Waals surface area contributed by atoms with E-state index in [9.17, 15) is 5.11 Å². The molecule has 20 heavy (non-hydrogen) atoms. The topological polar surface area (TPSA) is 68.4 Å². The SMILES string of the molecule is COC(c1ccccc1)c1noc(-c2sccc2O)n1. The van der Waals surface area contributed by atoms with Crippen LogP contribution >= 0.6 is 11.3 Å². The Morgan fingerprint density at radius 1 is 1.25 bits per heavy atom. The summed E-state index contributed by atoms with van der Waals surface area (Å²) in [6, 6.07) is 11.2. The highest BCUT2D eigenvalue weighted by Gasteiger charge is 2.21. The molecule has 0 bridgehead atoms. The van der Waals surface area contributed by atoms with E-state index >= 15 is 0 Å². The highest BCUT2D eigenvalue weighted by molar-refractivity contribution is 7.13. The maximum absolute atomic E-state index is 9.68. The first kappa shape index (κ1) is 12.8. The summed E-state index contributed by atoms with van der Waals surface area (Å²) >= 11 is 1.34. The highest BCUT2D eigenvalue weighted by Crippen LogP contribution is 2.34. The predicted molar refractivity (Wildman–Crippen MR) is 74.6 cm³/mol. The highest BCUT2D eigenvalue weighted by atomic mass is 32.1. The standard InChI is InChI=1S/C14H12N2O3S/c1-18-11(9-5-3-2-4-6-9)13-15-14(19-16-13)12-10(17)7-8-20-12/h2-8,11,17H,1H3. The monoisotopic (exact) mass is 288 g/mol. The van der Waals surface area contributed by atoms with Gasteiger partial charge in [-0.3, -0.25) is 0 Å². The Bertz CT molecular complexity index is 693. The van der Waals surface area contributed by atoms with Gasteiger partial charge in [0.1, 0.15) is 16.7 Å². The molecule has 2 heterocycles. The third kappa shape index (κ3) is 2.31. The molecule has 3 rings (SSSR count). The van der Waals surface area contributed by atoms with Gasteiger partial charge in [0.25, 0.3) is 5.89 Å². The van der Waals surface area contributed by atoms with Gasteiger partial charge in [0.05, 0.1) is 0 Å².